The number of benzene rings is 1. The summed E-state index contributed by atoms with van der Waals surface area (Å²) in [7, 11) is 0. The Morgan fingerprint density at radius 3 is 2.62 bits per heavy atom. The number of nitrogens with one attached hydrogen (secondary N) is 1. The molecular weight excluding hydrogens is 336 g/mol. The van der Waals surface area contributed by atoms with Crippen LogP contribution in [0.2, 0.25) is 0 Å². The van der Waals surface area contributed by atoms with Crippen LogP contribution in [0.4, 0.5) is 0 Å². The van der Waals surface area contributed by atoms with Crippen molar-refractivity contribution in [3.8, 4) is 11.5 Å². The molecule has 3 rings (SSSR count). The smallest absolute Gasteiger partial charge is 0.287 e. The van der Waals surface area contributed by atoms with E-state index in [-0.39, 0.29) is 18.2 Å². The zero-order valence-corrected chi connectivity index (χ0v) is 15.3. The van der Waals surface area contributed by atoms with Crippen LogP contribution < -0.4 is 14.8 Å². The molecule has 0 unspecified atom stereocenters. The standard InChI is InChI=1S/C19H22N2O5/c1-5-23-15-8-7-14-12(4)16(25-17(14)18(15)24-6-2)19(22)20-10-13-9-11(3)21-26-13/h7-9H,5-6,10H2,1-4H3,(H,20,22). The fraction of sp³-hybridized carbons (Fsp3) is 0.368. The van der Waals surface area contributed by atoms with Crippen molar-refractivity contribution in [2.75, 3.05) is 13.2 Å². The maximum Gasteiger partial charge on any atom is 0.287 e. The summed E-state index contributed by atoms with van der Waals surface area (Å²) >= 11 is 0. The highest BCUT2D eigenvalue weighted by Crippen LogP contribution is 2.39. The zero-order chi connectivity index (χ0) is 18.7. The Balaban J connectivity index is 1.91. The molecule has 0 atom stereocenters. The Morgan fingerprint density at radius 1 is 1.19 bits per heavy atom. The number of nitrogens with zero attached hydrogens (tertiary/aromatic N) is 1. The van der Waals surface area contributed by atoms with Crippen LogP contribution in [0.1, 0.15) is 41.4 Å². The van der Waals surface area contributed by atoms with Gasteiger partial charge in [-0.2, -0.15) is 0 Å². The minimum atomic E-state index is -0.326. The summed E-state index contributed by atoms with van der Waals surface area (Å²) in [5, 5.41) is 7.40. The van der Waals surface area contributed by atoms with Gasteiger partial charge in [-0.1, -0.05) is 5.16 Å². The Morgan fingerprint density at radius 2 is 1.96 bits per heavy atom. The first kappa shape index (κ1) is 17.8. The third-order valence-corrected chi connectivity index (χ3v) is 3.92. The predicted molar refractivity (Wildman–Crippen MR) is 95.7 cm³/mol. The second-order valence-electron chi connectivity index (χ2n) is 5.81. The van der Waals surface area contributed by atoms with Crippen molar-refractivity contribution in [1.82, 2.24) is 10.5 Å². The van der Waals surface area contributed by atoms with E-state index in [1.165, 1.54) is 0 Å². The molecule has 3 aromatic rings. The molecule has 0 fully saturated rings. The van der Waals surface area contributed by atoms with E-state index in [0.29, 0.717) is 36.1 Å². The zero-order valence-electron chi connectivity index (χ0n) is 15.3. The van der Waals surface area contributed by atoms with E-state index in [0.717, 1.165) is 16.6 Å². The molecule has 0 saturated carbocycles. The summed E-state index contributed by atoms with van der Waals surface area (Å²) in [6.07, 6.45) is 0. The number of furan rings is 1. The number of aromatic nitrogens is 1. The Kier molecular flexibility index (Phi) is 5.16. The SMILES string of the molecule is CCOc1ccc2c(C)c(C(=O)NCc3cc(C)no3)oc2c1OCC. The fourth-order valence-corrected chi connectivity index (χ4v) is 2.76. The first-order valence-corrected chi connectivity index (χ1v) is 8.57. The summed E-state index contributed by atoms with van der Waals surface area (Å²) in [5.74, 6) is 1.61. The van der Waals surface area contributed by atoms with Gasteiger partial charge in [-0.3, -0.25) is 4.79 Å². The molecule has 7 nitrogen and oxygen atoms in total. The first-order chi connectivity index (χ1) is 12.5. The number of amides is 1. The predicted octanol–water partition coefficient (Wildman–Crippen LogP) is 3.77. The second-order valence-corrected chi connectivity index (χ2v) is 5.81. The molecule has 1 amide bonds. The van der Waals surface area contributed by atoms with E-state index >= 15 is 0 Å². The lowest BCUT2D eigenvalue weighted by Crippen LogP contribution is -2.22. The molecule has 7 heteroatoms. The van der Waals surface area contributed by atoms with Crippen LogP contribution in [0.15, 0.2) is 27.1 Å². The summed E-state index contributed by atoms with van der Waals surface area (Å²) in [4.78, 5) is 12.6. The van der Waals surface area contributed by atoms with Crippen LogP contribution in [0, 0.1) is 13.8 Å². The van der Waals surface area contributed by atoms with E-state index in [1.54, 1.807) is 6.07 Å². The molecule has 26 heavy (non-hydrogen) atoms. The number of carbonyl (C=O) groups is 1. The Labute approximate surface area is 151 Å². The maximum atomic E-state index is 12.6. The molecular formula is C19H22N2O5. The van der Waals surface area contributed by atoms with Crippen LogP contribution in [-0.4, -0.2) is 24.3 Å². The molecule has 0 saturated heterocycles. The van der Waals surface area contributed by atoms with E-state index in [2.05, 4.69) is 10.5 Å². The molecule has 0 aliphatic rings. The molecule has 0 bridgehead atoms. The summed E-state index contributed by atoms with van der Waals surface area (Å²) in [5.41, 5.74) is 2.02. The van der Waals surface area contributed by atoms with E-state index in [4.69, 9.17) is 18.4 Å². The highest BCUT2D eigenvalue weighted by molar-refractivity contribution is 6.00. The highest BCUT2D eigenvalue weighted by atomic mass is 16.5. The van der Waals surface area contributed by atoms with E-state index < -0.39 is 0 Å². The number of aryl methyl sites for hydroxylation is 2. The minimum absolute atomic E-state index is 0.235. The first-order valence-electron chi connectivity index (χ1n) is 8.57. The number of ether oxygens (including phenoxy) is 2. The minimum Gasteiger partial charge on any atom is -0.490 e. The van der Waals surface area contributed by atoms with Gasteiger partial charge in [0.15, 0.2) is 22.9 Å². The number of hydrogen-bond donors (Lipinski definition) is 1. The largest absolute Gasteiger partial charge is 0.490 e. The van der Waals surface area contributed by atoms with Crippen LogP contribution in [0.5, 0.6) is 11.5 Å². The number of hydrogen-bond acceptors (Lipinski definition) is 6. The molecule has 0 radical (unpaired) electrons. The quantitative estimate of drug-likeness (QED) is 0.692. The number of rotatable bonds is 7. The Bertz CT molecular complexity index is 926. The molecule has 2 heterocycles. The fourth-order valence-electron chi connectivity index (χ4n) is 2.76. The van der Waals surface area contributed by atoms with E-state index in [9.17, 15) is 4.79 Å². The van der Waals surface area contributed by atoms with Crippen molar-refractivity contribution in [3.63, 3.8) is 0 Å². The lowest BCUT2D eigenvalue weighted by Gasteiger charge is -2.10. The van der Waals surface area contributed by atoms with Crippen molar-refractivity contribution in [3.05, 3.63) is 41.0 Å². The normalized spacial score (nSPS) is 10.9. The highest BCUT2D eigenvalue weighted by Gasteiger charge is 2.22. The molecule has 0 aliphatic heterocycles. The van der Waals surface area contributed by atoms with Crippen LogP contribution in [-0.2, 0) is 6.54 Å². The van der Waals surface area contributed by atoms with Crippen LogP contribution in [0.25, 0.3) is 11.0 Å². The third kappa shape index (κ3) is 3.37. The van der Waals surface area contributed by atoms with Gasteiger partial charge in [0, 0.05) is 17.0 Å². The van der Waals surface area contributed by atoms with Gasteiger partial charge in [-0.25, -0.2) is 0 Å². The van der Waals surface area contributed by atoms with Crippen molar-refractivity contribution in [2.24, 2.45) is 0 Å². The summed E-state index contributed by atoms with van der Waals surface area (Å²) in [6.45, 7) is 8.66. The van der Waals surface area contributed by atoms with Crippen LogP contribution in [0.3, 0.4) is 0 Å². The van der Waals surface area contributed by atoms with Gasteiger partial charge in [0.25, 0.3) is 5.91 Å². The lowest BCUT2D eigenvalue weighted by atomic mass is 10.1. The summed E-state index contributed by atoms with van der Waals surface area (Å²) in [6, 6.07) is 5.48. The van der Waals surface area contributed by atoms with Gasteiger partial charge < -0.3 is 23.7 Å². The van der Waals surface area contributed by atoms with E-state index in [1.807, 2.05) is 39.8 Å². The van der Waals surface area contributed by atoms with Gasteiger partial charge in [0.2, 0.25) is 5.75 Å². The average molecular weight is 358 g/mol. The lowest BCUT2D eigenvalue weighted by molar-refractivity contribution is 0.0920. The topological polar surface area (TPSA) is 86.7 Å². The van der Waals surface area contributed by atoms with Crippen molar-refractivity contribution in [2.45, 2.75) is 34.2 Å². The molecule has 0 spiro atoms. The van der Waals surface area contributed by atoms with Crippen molar-refractivity contribution in [1.29, 1.82) is 0 Å². The summed E-state index contributed by atoms with van der Waals surface area (Å²) < 4.78 is 22.3. The average Bonchev–Trinajstić information content (AvgIpc) is 3.19. The molecule has 2 aromatic heterocycles. The van der Waals surface area contributed by atoms with Crippen LogP contribution >= 0.6 is 0 Å². The van der Waals surface area contributed by atoms with Crippen molar-refractivity contribution < 1.29 is 23.2 Å². The molecule has 138 valence electrons. The Hall–Kier alpha value is -2.96. The van der Waals surface area contributed by atoms with Gasteiger partial charge in [-0.15, -0.1) is 0 Å². The van der Waals surface area contributed by atoms with Crippen molar-refractivity contribution >= 4 is 16.9 Å². The molecule has 1 aromatic carbocycles. The second kappa shape index (κ2) is 7.51. The maximum absolute atomic E-state index is 12.6. The molecule has 1 N–H and O–H groups in total. The monoisotopic (exact) mass is 358 g/mol. The van der Waals surface area contributed by atoms with Gasteiger partial charge >= 0.3 is 0 Å². The van der Waals surface area contributed by atoms with Gasteiger partial charge in [-0.05, 0) is 39.8 Å². The third-order valence-electron chi connectivity index (χ3n) is 3.92. The number of carbonyl (C=O) groups excluding carboxylic acids is 1. The van der Waals surface area contributed by atoms with Gasteiger partial charge in [0.1, 0.15) is 0 Å². The number of fused-ring (bicyclic) bond motifs is 1. The van der Waals surface area contributed by atoms with Gasteiger partial charge in [0.05, 0.1) is 25.5 Å². The molecule has 0 aliphatic carbocycles.